The van der Waals surface area contributed by atoms with E-state index in [1.807, 2.05) is 7.11 Å². The number of ether oxygens (including phenoxy) is 1. The Morgan fingerprint density at radius 3 is 2.69 bits per heavy atom. The van der Waals surface area contributed by atoms with E-state index < -0.39 is 0 Å². The van der Waals surface area contributed by atoms with Crippen LogP contribution in [-0.2, 0) is 4.74 Å². The molecule has 0 spiro atoms. The fourth-order valence-electron chi connectivity index (χ4n) is 2.89. The van der Waals surface area contributed by atoms with Gasteiger partial charge in [-0.2, -0.15) is 0 Å². The molecule has 0 aliphatic heterocycles. The number of methoxy groups -OCH3 is 1. The third-order valence-corrected chi connectivity index (χ3v) is 4.34. The van der Waals surface area contributed by atoms with Gasteiger partial charge in [0.05, 0.1) is 6.10 Å². The van der Waals surface area contributed by atoms with Crippen LogP contribution >= 0.6 is 0 Å². The quantitative estimate of drug-likeness (QED) is 0.725. The predicted molar refractivity (Wildman–Crippen MR) is 64.4 cm³/mol. The first-order chi connectivity index (χ1) is 7.79. The lowest BCUT2D eigenvalue weighted by Gasteiger charge is -2.32. The summed E-state index contributed by atoms with van der Waals surface area (Å²) in [6.07, 6.45) is 9.00. The minimum absolute atomic E-state index is 0.333. The monoisotopic (exact) mass is 227 g/mol. The molecule has 0 aromatic carbocycles. The standard InChI is InChI=1S/C13H25NO2/c1-16-12-5-3-2-4-11(12)14-10-13(6-7-13)8-9-15/h11-12,14-15H,2-10H2,1H3. The number of rotatable bonds is 6. The van der Waals surface area contributed by atoms with E-state index in [9.17, 15) is 0 Å². The highest BCUT2D eigenvalue weighted by Gasteiger charge is 2.42. The first-order valence-corrected chi connectivity index (χ1v) is 6.67. The van der Waals surface area contributed by atoms with Crippen LogP contribution in [0, 0.1) is 5.41 Å². The van der Waals surface area contributed by atoms with Gasteiger partial charge in [-0.25, -0.2) is 0 Å². The molecule has 2 aliphatic rings. The molecule has 16 heavy (non-hydrogen) atoms. The number of aliphatic hydroxyl groups excluding tert-OH is 1. The summed E-state index contributed by atoms with van der Waals surface area (Å²) in [5.41, 5.74) is 0.421. The second kappa shape index (κ2) is 5.48. The Bertz CT molecular complexity index is 216. The lowest BCUT2D eigenvalue weighted by atomic mass is 9.91. The highest BCUT2D eigenvalue weighted by molar-refractivity contribution is 4.96. The minimum Gasteiger partial charge on any atom is -0.396 e. The molecule has 2 atom stereocenters. The largest absolute Gasteiger partial charge is 0.396 e. The SMILES string of the molecule is COC1CCCCC1NCC1(CCO)CC1. The smallest absolute Gasteiger partial charge is 0.0724 e. The Hall–Kier alpha value is -0.120. The van der Waals surface area contributed by atoms with E-state index >= 15 is 0 Å². The highest BCUT2D eigenvalue weighted by atomic mass is 16.5. The highest BCUT2D eigenvalue weighted by Crippen LogP contribution is 2.48. The van der Waals surface area contributed by atoms with Crippen molar-refractivity contribution in [2.75, 3.05) is 20.3 Å². The molecule has 2 rings (SSSR count). The van der Waals surface area contributed by atoms with Crippen molar-refractivity contribution in [3.05, 3.63) is 0 Å². The maximum atomic E-state index is 9.02. The zero-order valence-corrected chi connectivity index (χ0v) is 10.4. The second-order valence-corrected chi connectivity index (χ2v) is 5.52. The topological polar surface area (TPSA) is 41.5 Å². The number of aliphatic hydroxyl groups is 1. The van der Waals surface area contributed by atoms with Crippen LogP contribution < -0.4 is 5.32 Å². The Kier molecular flexibility index (Phi) is 4.22. The van der Waals surface area contributed by atoms with E-state index in [2.05, 4.69) is 5.32 Å². The molecule has 0 aromatic heterocycles. The van der Waals surface area contributed by atoms with Gasteiger partial charge in [0.1, 0.15) is 0 Å². The van der Waals surface area contributed by atoms with Gasteiger partial charge in [0.15, 0.2) is 0 Å². The van der Waals surface area contributed by atoms with Crippen molar-refractivity contribution in [2.24, 2.45) is 5.41 Å². The summed E-state index contributed by atoms with van der Waals surface area (Å²) in [5, 5.41) is 12.7. The molecular formula is C13H25NO2. The Labute approximate surface area is 98.6 Å². The molecule has 3 nitrogen and oxygen atoms in total. The van der Waals surface area contributed by atoms with Crippen molar-refractivity contribution >= 4 is 0 Å². The van der Waals surface area contributed by atoms with Crippen molar-refractivity contribution in [1.82, 2.24) is 5.32 Å². The maximum absolute atomic E-state index is 9.02. The van der Waals surface area contributed by atoms with Crippen molar-refractivity contribution in [3.8, 4) is 0 Å². The second-order valence-electron chi connectivity index (χ2n) is 5.52. The Morgan fingerprint density at radius 2 is 2.06 bits per heavy atom. The molecule has 0 heterocycles. The Balaban J connectivity index is 1.75. The third-order valence-electron chi connectivity index (χ3n) is 4.34. The van der Waals surface area contributed by atoms with Crippen molar-refractivity contribution < 1.29 is 9.84 Å². The van der Waals surface area contributed by atoms with Crippen molar-refractivity contribution in [2.45, 2.75) is 57.1 Å². The molecular weight excluding hydrogens is 202 g/mol. The molecule has 0 aromatic rings. The molecule has 2 saturated carbocycles. The number of hydrogen-bond donors (Lipinski definition) is 2. The zero-order chi connectivity index (χ0) is 11.4. The summed E-state index contributed by atoms with van der Waals surface area (Å²) in [5.74, 6) is 0. The first-order valence-electron chi connectivity index (χ1n) is 6.67. The van der Waals surface area contributed by atoms with Gasteiger partial charge in [0.25, 0.3) is 0 Å². The normalized spacial score (nSPS) is 32.6. The lowest BCUT2D eigenvalue weighted by Crippen LogP contribution is -2.45. The molecule has 0 bridgehead atoms. The molecule has 94 valence electrons. The van der Waals surface area contributed by atoms with Crippen LogP contribution in [0.4, 0.5) is 0 Å². The van der Waals surface area contributed by atoms with Crippen LogP contribution in [0.25, 0.3) is 0 Å². The van der Waals surface area contributed by atoms with Crippen LogP contribution in [0.5, 0.6) is 0 Å². The van der Waals surface area contributed by atoms with E-state index in [1.165, 1.54) is 38.5 Å². The fraction of sp³-hybridized carbons (Fsp3) is 1.00. The van der Waals surface area contributed by atoms with Crippen LogP contribution in [0.3, 0.4) is 0 Å². The number of nitrogens with one attached hydrogen (secondary N) is 1. The average Bonchev–Trinajstić information content (AvgIpc) is 3.08. The van der Waals surface area contributed by atoms with Crippen LogP contribution in [0.1, 0.15) is 44.9 Å². The molecule has 2 unspecified atom stereocenters. The van der Waals surface area contributed by atoms with E-state index in [4.69, 9.17) is 9.84 Å². The summed E-state index contributed by atoms with van der Waals surface area (Å²) < 4.78 is 5.54. The van der Waals surface area contributed by atoms with Gasteiger partial charge >= 0.3 is 0 Å². The third kappa shape index (κ3) is 2.96. The predicted octanol–water partition coefficient (Wildman–Crippen LogP) is 1.70. The molecule has 0 saturated heterocycles. The van der Waals surface area contributed by atoms with E-state index in [-0.39, 0.29) is 0 Å². The first kappa shape index (κ1) is 12.3. The number of hydrogen-bond acceptors (Lipinski definition) is 3. The molecule has 2 N–H and O–H groups in total. The molecule has 2 aliphatic carbocycles. The zero-order valence-electron chi connectivity index (χ0n) is 10.4. The lowest BCUT2D eigenvalue weighted by molar-refractivity contribution is 0.0395. The fourth-order valence-corrected chi connectivity index (χ4v) is 2.89. The average molecular weight is 227 g/mol. The summed E-state index contributed by atoms with van der Waals surface area (Å²) >= 11 is 0. The summed E-state index contributed by atoms with van der Waals surface area (Å²) in [6.45, 7) is 1.40. The van der Waals surface area contributed by atoms with Gasteiger partial charge in [-0.1, -0.05) is 12.8 Å². The van der Waals surface area contributed by atoms with E-state index in [0.29, 0.717) is 24.2 Å². The Morgan fingerprint density at radius 1 is 1.31 bits per heavy atom. The van der Waals surface area contributed by atoms with Gasteiger partial charge in [-0.3, -0.25) is 0 Å². The van der Waals surface area contributed by atoms with Crippen molar-refractivity contribution in [3.63, 3.8) is 0 Å². The van der Waals surface area contributed by atoms with Gasteiger partial charge in [0, 0.05) is 26.3 Å². The summed E-state index contributed by atoms with van der Waals surface area (Å²) in [6, 6.07) is 0.537. The van der Waals surface area contributed by atoms with Gasteiger partial charge in [-0.05, 0) is 37.5 Å². The molecule has 3 heteroatoms. The maximum Gasteiger partial charge on any atom is 0.0724 e. The molecule has 0 radical (unpaired) electrons. The minimum atomic E-state index is 0.333. The van der Waals surface area contributed by atoms with Crippen LogP contribution in [-0.4, -0.2) is 37.5 Å². The van der Waals surface area contributed by atoms with E-state index in [0.717, 1.165) is 13.0 Å². The molecule has 2 fully saturated rings. The van der Waals surface area contributed by atoms with Gasteiger partial charge in [0.2, 0.25) is 0 Å². The van der Waals surface area contributed by atoms with Gasteiger partial charge in [-0.15, -0.1) is 0 Å². The van der Waals surface area contributed by atoms with Gasteiger partial charge < -0.3 is 15.2 Å². The molecule has 0 amide bonds. The summed E-state index contributed by atoms with van der Waals surface area (Å²) in [7, 11) is 1.82. The van der Waals surface area contributed by atoms with Crippen LogP contribution in [0.15, 0.2) is 0 Å². The van der Waals surface area contributed by atoms with E-state index in [1.54, 1.807) is 0 Å². The van der Waals surface area contributed by atoms with Crippen LogP contribution in [0.2, 0.25) is 0 Å². The summed E-state index contributed by atoms with van der Waals surface area (Å²) in [4.78, 5) is 0. The van der Waals surface area contributed by atoms with Crippen molar-refractivity contribution in [1.29, 1.82) is 0 Å².